The van der Waals surface area contributed by atoms with Crippen LogP contribution in [0.2, 0.25) is 0 Å². The number of aromatic nitrogens is 1. The van der Waals surface area contributed by atoms with E-state index in [2.05, 4.69) is 4.98 Å². The van der Waals surface area contributed by atoms with Gasteiger partial charge in [0.25, 0.3) is 5.91 Å². The van der Waals surface area contributed by atoms with E-state index in [9.17, 15) is 9.59 Å². The molecule has 1 aromatic heterocycles. The number of hydrogen-bond acceptors (Lipinski definition) is 3. The van der Waals surface area contributed by atoms with Crippen LogP contribution in [0.5, 0.6) is 0 Å². The van der Waals surface area contributed by atoms with Gasteiger partial charge in [-0.15, -0.1) is 0 Å². The molecule has 1 aliphatic heterocycles. The molecule has 0 aliphatic carbocycles. The van der Waals surface area contributed by atoms with Crippen LogP contribution in [-0.2, 0) is 4.79 Å². The highest BCUT2D eigenvalue weighted by molar-refractivity contribution is 5.94. The van der Waals surface area contributed by atoms with Crippen molar-refractivity contribution in [3.63, 3.8) is 0 Å². The van der Waals surface area contributed by atoms with Crippen LogP contribution in [0.15, 0.2) is 18.3 Å². The standard InChI is InChI=1S/C14H18N2O3/c1-10-7-12(4-5-15-10)14(19)16-6-2-3-11(9-16)8-13(17)18/h4-5,7,11H,2-3,6,8-9H2,1H3,(H,17,18). The highest BCUT2D eigenvalue weighted by atomic mass is 16.4. The van der Waals surface area contributed by atoms with E-state index in [-0.39, 0.29) is 18.2 Å². The molecule has 1 N–H and O–H groups in total. The first-order valence-corrected chi connectivity index (χ1v) is 6.50. The lowest BCUT2D eigenvalue weighted by atomic mass is 9.94. The van der Waals surface area contributed by atoms with Crippen LogP contribution < -0.4 is 0 Å². The predicted octanol–water partition coefficient (Wildman–Crippen LogP) is 1.72. The second-order valence-corrected chi connectivity index (χ2v) is 5.04. The molecule has 0 radical (unpaired) electrons. The fourth-order valence-electron chi connectivity index (χ4n) is 2.52. The van der Waals surface area contributed by atoms with E-state index in [0.717, 1.165) is 18.5 Å². The molecule has 1 atom stereocenters. The van der Waals surface area contributed by atoms with Crippen molar-refractivity contribution in [1.82, 2.24) is 9.88 Å². The maximum absolute atomic E-state index is 12.3. The highest BCUT2D eigenvalue weighted by Gasteiger charge is 2.25. The van der Waals surface area contributed by atoms with E-state index in [1.807, 2.05) is 6.92 Å². The molecule has 0 spiro atoms. The lowest BCUT2D eigenvalue weighted by molar-refractivity contribution is -0.138. The third-order valence-corrected chi connectivity index (χ3v) is 3.41. The Morgan fingerprint density at radius 1 is 1.53 bits per heavy atom. The Balaban J connectivity index is 2.04. The summed E-state index contributed by atoms with van der Waals surface area (Å²) >= 11 is 0. The number of hydrogen-bond donors (Lipinski definition) is 1. The van der Waals surface area contributed by atoms with E-state index in [1.165, 1.54) is 0 Å². The van der Waals surface area contributed by atoms with Crippen LogP contribution in [-0.4, -0.2) is 40.0 Å². The van der Waals surface area contributed by atoms with Crippen molar-refractivity contribution in [2.75, 3.05) is 13.1 Å². The number of piperidine rings is 1. The molecule has 0 aromatic carbocycles. The minimum Gasteiger partial charge on any atom is -0.481 e. The normalized spacial score (nSPS) is 19.2. The summed E-state index contributed by atoms with van der Waals surface area (Å²) in [5, 5.41) is 8.83. The zero-order valence-electron chi connectivity index (χ0n) is 11.0. The van der Waals surface area contributed by atoms with Gasteiger partial charge in [0, 0.05) is 37.0 Å². The summed E-state index contributed by atoms with van der Waals surface area (Å²) in [5.74, 6) is -0.752. The van der Waals surface area contributed by atoms with E-state index in [1.54, 1.807) is 23.2 Å². The Hall–Kier alpha value is -1.91. The summed E-state index contributed by atoms with van der Waals surface area (Å²) in [6.45, 7) is 3.09. The van der Waals surface area contributed by atoms with Crippen LogP contribution in [0.1, 0.15) is 35.3 Å². The van der Waals surface area contributed by atoms with Gasteiger partial charge >= 0.3 is 5.97 Å². The third-order valence-electron chi connectivity index (χ3n) is 3.41. The molecule has 5 nitrogen and oxygen atoms in total. The maximum atomic E-state index is 12.3. The fraction of sp³-hybridized carbons (Fsp3) is 0.500. The first-order valence-electron chi connectivity index (χ1n) is 6.50. The average Bonchev–Trinajstić information content (AvgIpc) is 2.37. The third kappa shape index (κ3) is 3.53. The Labute approximate surface area is 112 Å². The summed E-state index contributed by atoms with van der Waals surface area (Å²) < 4.78 is 0. The van der Waals surface area contributed by atoms with Crippen LogP contribution in [0, 0.1) is 12.8 Å². The van der Waals surface area contributed by atoms with Crippen LogP contribution in [0.3, 0.4) is 0 Å². The topological polar surface area (TPSA) is 70.5 Å². The van der Waals surface area contributed by atoms with Crippen LogP contribution in [0.4, 0.5) is 0 Å². The first kappa shape index (κ1) is 13.5. The molecule has 1 aromatic rings. The minimum atomic E-state index is -0.793. The lowest BCUT2D eigenvalue weighted by Gasteiger charge is -2.32. The molecule has 0 saturated carbocycles. The van der Waals surface area contributed by atoms with Gasteiger partial charge in [-0.1, -0.05) is 0 Å². The molecule has 1 unspecified atom stereocenters. The van der Waals surface area contributed by atoms with Gasteiger partial charge in [0.2, 0.25) is 0 Å². The van der Waals surface area contributed by atoms with Crippen molar-refractivity contribution in [3.05, 3.63) is 29.6 Å². The number of carboxylic acids is 1. The number of nitrogens with zero attached hydrogens (tertiary/aromatic N) is 2. The van der Waals surface area contributed by atoms with Crippen molar-refractivity contribution in [1.29, 1.82) is 0 Å². The van der Waals surface area contributed by atoms with Gasteiger partial charge in [-0.2, -0.15) is 0 Å². The molecule has 19 heavy (non-hydrogen) atoms. The quantitative estimate of drug-likeness (QED) is 0.900. The number of carbonyl (C=O) groups is 2. The fourth-order valence-corrected chi connectivity index (χ4v) is 2.52. The van der Waals surface area contributed by atoms with Gasteiger partial charge in [0.1, 0.15) is 0 Å². The molecule has 1 amide bonds. The molecule has 1 saturated heterocycles. The number of amides is 1. The summed E-state index contributed by atoms with van der Waals surface area (Å²) in [7, 11) is 0. The van der Waals surface area contributed by atoms with E-state index in [0.29, 0.717) is 18.7 Å². The molecule has 0 bridgehead atoms. The zero-order chi connectivity index (χ0) is 13.8. The van der Waals surface area contributed by atoms with E-state index >= 15 is 0 Å². The Kier molecular flexibility index (Phi) is 4.14. The number of pyridine rings is 1. The van der Waals surface area contributed by atoms with Gasteiger partial charge in [-0.25, -0.2) is 0 Å². The molecule has 1 aliphatic rings. The number of carbonyl (C=O) groups excluding carboxylic acids is 1. The molecule has 5 heteroatoms. The van der Waals surface area contributed by atoms with E-state index < -0.39 is 5.97 Å². The van der Waals surface area contributed by atoms with Gasteiger partial charge in [-0.05, 0) is 37.8 Å². The summed E-state index contributed by atoms with van der Waals surface area (Å²) in [6.07, 6.45) is 3.51. The Bertz CT molecular complexity index is 487. The lowest BCUT2D eigenvalue weighted by Crippen LogP contribution is -2.40. The SMILES string of the molecule is Cc1cc(C(=O)N2CCCC(CC(=O)O)C2)ccn1. The van der Waals surface area contributed by atoms with Gasteiger partial charge < -0.3 is 10.0 Å². The van der Waals surface area contributed by atoms with Crippen molar-refractivity contribution in [3.8, 4) is 0 Å². The van der Waals surface area contributed by atoms with Crippen molar-refractivity contribution in [2.24, 2.45) is 5.92 Å². The van der Waals surface area contributed by atoms with E-state index in [4.69, 9.17) is 5.11 Å². The van der Waals surface area contributed by atoms with Crippen molar-refractivity contribution >= 4 is 11.9 Å². The summed E-state index contributed by atoms with van der Waals surface area (Å²) in [5.41, 5.74) is 1.44. The zero-order valence-corrected chi connectivity index (χ0v) is 11.0. The summed E-state index contributed by atoms with van der Waals surface area (Å²) in [6, 6.07) is 3.47. The molecule has 2 heterocycles. The Morgan fingerprint density at radius 3 is 3.00 bits per heavy atom. The number of rotatable bonds is 3. The number of aryl methyl sites for hydroxylation is 1. The van der Waals surface area contributed by atoms with Crippen LogP contribution >= 0.6 is 0 Å². The maximum Gasteiger partial charge on any atom is 0.303 e. The highest BCUT2D eigenvalue weighted by Crippen LogP contribution is 2.21. The first-order chi connectivity index (χ1) is 9.06. The second kappa shape index (κ2) is 5.82. The van der Waals surface area contributed by atoms with Gasteiger partial charge in [-0.3, -0.25) is 14.6 Å². The number of likely N-dealkylation sites (tertiary alicyclic amines) is 1. The van der Waals surface area contributed by atoms with Gasteiger partial charge in [0.05, 0.1) is 0 Å². The molecular formula is C14H18N2O3. The smallest absolute Gasteiger partial charge is 0.303 e. The molecule has 102 valence electrons. The number of aliphatic carboxylic acids is 1. The molecule has 1 fully saturated rings. The Morgan fingerprint density at radius 2 is 2.32 bits per heavy atom. The number of carboxylic acid groups (broad SMARTS) is 1. The largest absolute Gasteiger partial charge is 0.481 e. The molecular weight excluding hydrogens is 244 g/mol. The monoisotopic (exact) mass is 262 g/mol. The van der Waals surface area contributed by atoms with Crippen LogP contribution in [0.25, 0.3) is 0 Å². The second-order valence-electron chi connectivity index (χ2n) is 5.04. The predicted molar refractivity (Wildman–Crippen MR) is 69.9 cm³/mol. The van der Waals surface area contributed by atoms with Gasteiger partial charge in [0.15, 0.2) is 0 Å². The van der Waals surface area contributed by atoms with Crippen molar-refractivity contribution in [2.45, 2.75) is 26.2 Å². The van der Waals surface area contributed by atoms with Crippen molar-refractivity contribution < 1.29 is 14.7 Å². The molecule has 2 rings (SSSR count). The summed E-state index contributed by atoms with van der Waals surface area (Å²) in [4.78, 5) is 28.9. The minimum absolute atomic E-state index is 0.0272. The average molecular weight is 262 g/mol.